The van der Waals surface area contributed by atoms with Gasteiger partial charge >= 0.3 is 12.2 Å². The van der Waals surface area contributed by atoms with E-state index < -0.39 is 6.10 Å². The molecule has 8 nitrogen and oxygen atoms in total. The number of amides is 2. The summed E-state index contributed by atoms with van der Waals surface area (Å²) in [6.45, 7) is 20.3. The van der Waals surface area contributed by atoms with Crippen molar-refractivity contribution in [3.05, 3.63) is 0 Å². The molecule has 2 amide bonds. The lowest BCUT2D eigenvalue weighted by molar-refractivity contribution is -0.185. The van der Waals surface area contributed by atoms with Crippen LogP contribution in [0.5, 0.6) is 0 Å². The lowest BCUT2D eigenvalue weighted by Crippen LogP contribution is -2.60. The van der Waals surface area contributed by atoms with E-state index in [2.05, 4.69) is 53.8 Å². The van der Waals surface area contributed by atoms with Gasteiger partial charge in [-0.1, -0.05) is 48.5 Å². The Morgan fingerprint density at radius 3 is 2.36 bits per heavy atom. The average Bonchev–Trinajstić information content (AvgIpc) is 3.57. The van der Waals surface area contributed by atoms with Crippen molar-refractivity contribution in [2.75, 3.05) is 19.6 Å². The zero-order chi connectivity index (χ0) is 32.3. The summed E-state index contributed by atoms with van der Waals surface area (Å²) < 4.78 is 19.1. The summed E-state index contributed by atoms with van der Waals surface area (Å²) in [6, 6.07) is 0. The minimum Gasteiger partial charge on any atom is -0.446 e. The van der Waals surface area contributed by atoms with Gasteiger partial charge in [-0.05, 0) is 111 Å². The maximum Gasteiger partial charge on any atom is 0.410 e. The Balaban J connectivity index is 1.14. The fourth-order valence-electron chi connectivity index (χ4n) is 13.4. The third kappa shape index (κ3) is 4.15. The Labute approximate surface area is 271 Å². The van der Waals surface area contributed by atoms with Crippen LogP contribution in [-0.4, -0.2) is 72.3 Å². The standard InChI is InChI=1S/C37H60N2O6/c1-9-38-31(41)45-28(21(2)3)23-19-22(4)27-29(43-23)30(40)35(8)25-12-11-24-33(5,6)26(44-32(42)39-17-10-18-39)13-14-36(24)20-37(25,36)16-15-34(27,35)7/h21-30,40H,9-20H2,1-8H3,(H,38,41)/t22-,23?,24+,25?,26?,27+,28-,29?,30+,34-,35-,36-,37+/m1/s1. The number of aliphatic hydroxyl groups excluding tert-OH is 1. The van der Waals surface area contributed by atoms with Crippen molar-refractivity contribution >= 4 is 12.2 Å². The van der Waals surface area contributed by atoms with Gasteiger partial charge in [-0.3, -0.25) is 0 Å². The number of carbonyl (C=O) groups is 2. The summed E-state index contributed by atoms with van der Waals surface area (Å²) in [7, 11) is 0. The zero-order valence-corrected chi connectivity index (χ0v) is 29.2. The highest BCUT2D eigenvalue weighted by molar-refractivity contribution is 5.68. The summed E-state index contributed by atoms with van der Waals surface area (Å²) in [5.41, 5.74) is 0.234. The fraction of sp³-hybridized carbons (Fsp3) is 0.946. The van der Waals surface area contributed by atoms with Crippen LogP contribution in [0.25, 0.3) is 0 Å². The first-order valence-electron chi connectivity index (χ1n) is 18.4. The Morgan fingerprint density at radius 1 is 1.02 bits per heavy atom. The van der Waals surface area contributed by atoms with Gasteiger partial charge in [0.05, 0.1) is 18.3 Å². The molecule has 254 valence electrons. The third-order valence-electron chi connectivity index (χ3n) is 15.7. The number of nitrogens with one attached hydrogen (secondary N) is 1. The molecule has 2 heterocycles. The van der Waals surface area contributed by atoms with Crippen LogP contribution in [-0.2, 0) is 14.2 Å². The Hall–Kier alpha value is -1.54. The minimum absolute atomic E-state index is 0.0127. The van der Waals surface area contributed by atoms with E-state index in [1.54, 1.807) is 0 Å². The van der Waals surface area contributed by atoms with E-state index in [-0.39, 0.29) is 75.5 Å². The molecule has 5 saturated carbocycles. The van der Waals surface area contributed by atoms with Crippen LogP contribution in [0.1, 0.15) is 113 Å². The number of hydrogen-bond acceptors (Lipinski definition) is 6. The van der Waals surface area contributed by atoms with E-state index in [1.807, 2.05) is 11.8 Å². The predicted molar refractivity (Wildman–Crippen MR) is 171 cm³/mol. The molecule has 7 fully saturated rings. The molecule has 8 heteroatoms. The van der Waals surface area contributed by atoms with E-state index in [0.29, 0.717) is 24.3 Å². The summed E-state index contributed by atoms with van der Waals surface area (Å²) in [5.74, 6) is 1.75. The van der Waals surface area contributed by atoms with E-state index in [4.69, 9.17) is 14.2 Å². The molecule has 0 aromatic rings. The molecule has 0 aromatic carbocycles. The van der Waals surface area contributed by atoms with Crippen molar-refractivity contribution in [1.29, 1.82) is 0 Å². The molecule has 5 aliphatic carbocycles. The van der Waals surface area contributed by atoms with Gasteiger partial charge in [0.15, 0.2) is 0 Å². The molecule has 2 saturated heterocycles. The maximum atomic E-state index is 12.9. The molecule has 2 aliphatic heterocycles. The predicted octanol–water partition coefficient (Wildman–Crippen LogP) is 6.78. The van der Waals surface area contributed by atoms with Crippen molar-refractivity contribution in [2.45, 2.75) is 144 Å². The highest BCUT2D eigenvalue weighted by Gasteiger charge is 2.84. The van der Waals surface area contributed by atoms with E-state index >= 15 is 0 Å². The number of carbonyl (C=O) groups excluding carboxylic acids is 2. The van der Waals surface area contributed by atoms with Gasteiger partial charge < -0.3 is 29.5 Å². The molecule has 7 rings (SSSR count). The zero-order valence-electron chi connectivity index (χ0n) is 29.2. The second-order valence-electron chi connectivity index (χ2n) is 17.9. The van der Waals surface area contributed by atoms with Crippen molar-refractivity contribution in [1.82, 2.24) is 10.2 Å². The second kappa shape index (κ2) is 10.5. The van der Waals surface area contributed by atoms with Crippen LogP contribution in [0.3, 0.4) is 0 Å². The maximum absolute atomic E-state index is 12.9. The Bertz CT molecular complexity index is 1200. The Kier molecular flexibility index (Phi) is 7.46. The molecule has 0 bridgehead atoms. The molecular weight excluding hydrogens is 568 g/mol. The Morgan fingerprint density at radius 2 is 1.71 bits per heavy atom. The summed E-state index contributed by atoms with van der Waals surface area (Å²) in [5, 5.41) is 15.3. The van der Waals surface area contributed by atoms with Gasteiger partial charge in [0.2, 0.25) is 0 Å². The van der Waals surface area contributed by atoms with Gasteiger partial charge in [-0.2, -0.15) is 0 Å². The largest absolute Gasteiger partial charge is 0.446 e. The third-order valence-corrected chi connectivity index (χ3v) is 15.7. The molecule has 0 aromatic heterocycles. The molecule has 2 spiro atoms. The second-order valence-corrected chi connectivity index (χ2v) is 17.9. The lowest BCUT2D eigenvalue weighted by Gasteiger charge is -2.63. The SMILES string of the molecule is CCNC(=O)O[C@H](C(C)C)C1C[C@@H](C)[C@H]2C(O1)[C@H](O)[C@@]1(C)C3CC[C@H]4C(C)(C)C(OC(=O)N5CCC5)CC[C@@]45C[C@@]35CC[C@]21C. The smallest absolute Gasteiger partial charge is 0.410 e. The van der Waals surface area contributed by atoms with Crippen molar-refractivity contribution in [3.63, 3.8) is 0 Å². The molecule has 0 radical (unpaired) electrons. The van der Waals surface area contributed by atoms with Crippen LogP contribution in [0.2, 0.25) is 0 Å². The molecule has 4 unspecified atom stereocenters. The first-order valence-corrected chi connectivity index (χ1v) is 18.4. The van der Waals surface area contributed by atoms with Crippen molar-refractivity contribution in [2.24, 2.45) is 56.7 Å². The van der Waals surface area contributed by atoms with Gasteiger partial charge in [0.25, 0.3) is 0 Å². The summed E-state index contributed by atoms with van der Waals surface area (Å²) >= 11 is 0. The van der Waals surface area contributed by atoms with Crippen LogP contribution in [0.15, 0.2) is 0 Å². The summed E-state index contributed by atoms with van der Waals surface area (Å²) in [4.78, 5) is 27.2. The van der Waals surface area contributed by atoms with Crippen LogP contribution in [0.4, 0.5) is 9.59 Å². The van der Waals surface area contributed by atoms with Gasteiger partial charge in [-0.25, -0.2) is 9.59 Å². The quantitative estimate of drug-likeness (QED) is 0.348. The van der Waals surface area contributed by atoms with Crippen LogP contribution >= 0.6 is 0 Å². The average molecular weight is 629 g/mol. The van der Waals surface area contributed by atoms with Crippen LogP contribution in [0, 0.1) is 56.7 Å². The van der Waals surface area contributed by atoms with Crippen LogP contribution < -0.4 is 5.32 Å². The number of ether oxygens (including phenoxy) is 3. The number of rotatable bonds is 5. The highest BCUT2D eigenvalue weighted by atomic mass is 16.6. The van der Waals surface area contributed by atoms with E-state index in [0.717, 1.165) is 58.0 Å². The first-order chi connectivity index (χ1) is 21.2. The molecule has 7 aliphatic rings. The normalized spacial score (nSPS) is 49.7. The number of nitrogens with zero attached hydrogens (tertiary/aromatic N) is 1. The highest BCUT2D eigenvalue weighted by Crippen LogP contribution is 2.89. The van der Waals surface area contributed by atoms with Gasteiger partial charge in [0.1, 0.15) is 12.2 Å². The number of alkyl carbamates (subject to hydrolysis) is 1. The lowest BCUT2D eigenvalue weighted by atomic mass is 9.41. The van der Waals surface area contributed by atoms with Gasteiger partial charge in [0, 0.05) is 30.5 Å². The summed E-state index contributed by atoms with van der Waals surface area (Å²) in [6.07, 6.45) is 7.98. The first kappa shape index (κ1) is 32.0. The monoisotopic (exact) mass is 628 g/mol. The molecule has 2 N–H and O–H groups in total. The molecule has 13 atom stereocenters. The van der Waals surface area contributed by atoms with Crippen molar-refractivity contribution in [3.8, 4) is 0 Å². The van der Waals surface area contributed by atoms with Gasteiger partial charge in [-0.15, -0.1) is 0 Å². The van der Waals surface area contributed by atoms with Crippen molar-refractivity contribution < 1.29 is 28.9 Å². The minimum atomic E-state index is -0.548. The molecular formula is C37H60N2O6. The van der Waals surface area contributed by atoms with E-state index in [1.165, 1.54) is 12.8 Å². The number of likely N-dealkylation sites (tertiary alicyclic amines) is 1. The number of fused-ring (bicyclic) bond motifs is 4. The fourth-order valence-corrected chi connectivity index (χ4v) is 13.4. The number of aliphatic hydroxyl groups is 1. The number of hydrogen-bond donors (Lipinski definition) is 2. The molecule has 45 heavy (non-hydrogen) atoms. The van der Waals surface area contributed by atoms with E-state index in [9.17, 15) is 14.7 Å². The topological polar surface area (TPSA) is 97.3 Å².